The second-order valence-electron chi connectivity index (χ2n) is 4.75. The smallest absolute Gasteiger partial charge is 0.157 e. The molecule has 0 saturated carbocycles. The van der Waals surface area contributed by atoms with Crippen LogP contribution in [0, 0.1) is 12.7 Å². The number of hydrogen-bond acceptors (Lipinski definition) is 3. The fourth-order valence-electron chi connectivity index (χ4n) is 2.21. The minimum atomic E-state index is -0.197. The van der Waals surface area contributed by atoms with Gasteiger partial charge in [0.05, 0.1) is 0 Å². The summed E-state index contributed by atoms with van der Waals surface area (Å²) in [6, 6.07) is 10.7. The van der Waals surface area contributed by atoms with Gasteiger partial charge in [-0.05, 0) is 48.7 Å². The van der Waals surface area contributed by atoms with Crippen molar-refractivity contribution >= 4 is 11.5 Å². The molecule has 3 aromatic rings. The Morgan fingerprint density at radius 3 is 3.00 bits per heavy atom. The van der Waals surface area contributed by atoms with Gasteiger partial charge in [-0.25, -0.2) is 9.37 Å². The van der Waals surface area contributed by atoms with Gasteiger partial charge in [-0.2, -0.15) is 9.61 Å². The first-order valence-corrected chi connectivity index (χ1v) is 6.51. The molecular weight excluding hydrogens is 255 g/mol. The van der Waals surface area contributed by atoms with Crippen molar-refractivity contribution in [2.75, 3.05) is 11.9 Å². The third-order valence-corrected chi connectivity index (χ3v) is 3.13. The molecule has 0 aliphatic heterocycles. The van der Waals surface area contributed by atoms with Crippen molar-refractivity contribution in [3.8, 4) is 0 Å². The zero-order chi connectivity index (χ0) is 13.9. The Balaban J connectivity index is 1.72. The predicted octanol–water partition coefficient (Wildman–Crippen LogP) is 2.83. The largest absolute Gasteiger partial charge is 0.370 e. The average molecular weight is 270 g/mol. The standard InChI is InChI=1S/C15H15FN4/c1-11-7-14(20-15(8-11)18-10-19-20)17-6-5-12-3-2-4-13(16)9-12/h2-4,7-10,17H,5-6H2,1H3. The van der Waals surface area contributed by atoms with Crippen LogP contribution in [0.1, 0.15) is 11.1 Å². The number of halogens is 1. The van der Waals surface area contributed by atoms with Crippen LogP contribution in [-0.4, -0.2) is 21.1 Å². The van der Waals surface area contributed by atoms with Crippen molar-refractivity contribution in [1.82, 2.24) is 14.6 Å². The molecule has 3 rings (SSSR count). The molecule has 2 heterocycles. The molecule has 20 heavy (non-hydrogen) atoms. The van der Waals surface area contributed by atoms with Gasteiger partial charge in [-0.1, -0.05) is 12.1 Å². The van der Waals surface area contributed by atoms with Crippen LogP contribution >= 0.6 is 0 Å². The Kier molecular flexibility index (Phi) is 3.33. The summed E-state index contributed by atoms with van der Waals surface area (Å²) < 4.78 is 14.9. The first kappa shape index (κ1) is 12.6. The molecule has 0 spiro atoms. The summed E-state index contributed by atoms with van der Waals surface area (Å²) in [4.78, 5) is 4.18. The molecule has 0 aliphatic rings. The number of nitrogens with one attached hydrogen (secondary N) is 1. The monoisotopic (exact) mass is 270 g/mol. The van der Waals surface area contributed by atoms with E-state index in [1.54, 1.807) is 16.6 Å². The average Bonchev–Trinajstić information content (AvgIpc) is 2.87. The Bertz CT molecular complexity index is 736. The Labute approximate surface area is 116 Å². The zero-order valence-electron chi connectivity index (χ0n) is 11.2. The van der Waals surface area contributed by atoms with Crippen LogP contribution in [-0.2, 0) is 6.42 Å². The first-order chi connectivity index (χ1) is 9.72. The number of hydrogen-bond donors (Lipinski definition) is 1. The van der Waals surface area contributed by atoms with Gasteiger partial charge in [-0.3, -0.25) is 0 Å². The number of rotatable bonds is 4. The lowest BCUT2D eigenvalue weighted by atomic mass is 10.1. The molecule has 0 amide bonds. The Hall–Kier alpha value is -2.43. The van der Waals surface area contributed by atoms with E-state index >= 15 is 0 Å². The Morgan fingerprint density at radius 1 is 1.25 bits per heavy atom. The van der Waals surface area contributed by atoms with Gasteiger partial charge in [-0.15, -0.1) is 0 Å². The quantitative estimate of drug-likeness (QED) is 0.792. The molecule has 0 saturated heterocycles. The minimum Gasteiger partial charge on any atom is -0.370 e. The van der Waals surface area contributed by atoms with Crippen molar-refractivity contribution in [3.05, 3.63) is 59.7 Å². The van der Waals surface area contributed by atoms with E-state index < -0.39 is 0 Å². The molecule has 0 bridgehead atoms. The molecule has 1 N–H and O–H groups in total. The van der Waals surface area contributed by atoms with Crippen LogP contribution in [0.4, 0.5) is 10.2 Å². The lowest BCUT2D eigenvalue weighted by Gasteiger charge is -2.09. The van der Waals surface area contributed by atoms with Crippen LogP contribution in [0.15, 0.2) is 42.7 Å². The predicted molar refractivity (Wildman–Crippen MR) is 76.3 cm³/mol. The number of nitrogens with zero attached hydrogens (tertiary/aromatic N) is 3. The second-order valence-corrected chi connectivity index (χ2v) is 4.75. The highest BCUT2D eigenvalue weighted by Gasteiger charge is 2.03. The third kappa shape index (κ3) is 2.61. The Morgan fingerprint density at radius 2 is 2.15 bits per heavy atom. The fraction of sp³-hybridized carbons (Fsp3) is 0.200. The van der Waals surface area contributed by atoms with E-state index in [4.69, 9.17) is 0 Å². The first-order valence-electron chi connectivity index (χ1n) is 6.51. The summed E-state index contributed by atoms with van der Waals surface area (Å²) in [7, 11) is 0. The van der Waals surface area contributed by atoms with E-state index in [9.17, 15) is 4.39 Å². The van der Waals surface area contributed by atoms with E-state index in [0.717, 1.165) is 29.0 Å². The molecule has 5 heteroatoms. The second kappa shape index (κ2) is 5.28. The normalized spacial score (nSPS) is 10.9. The van der Waals surface area contributed by atoms with Gasteiger partial charge in [0.15, 0.2) is 5.65 Å². The lowest BCUT2D eigenvalue weighted by molar-refractivity contribution is 0.625. The molecule has 4 nitrogen and oxygen atoms in total. The maximum absolute atomic E-state index is 13.1. The highest BCUT2D eigenvalue weighted by atomic mass is 19.1. The van der Waals surface area contributed by atoms with E-state index in [1.165, 1.54) is 12.4 Å². The van der Waals surface area contributed by atoms with Crippen molar-refractivity contribution < 1.29 is 4.39 Å². The lowest BCUT2D eigenvalue weighted by Crippen LogP contribution is -2.09. The molecule has 1 aromatic carbocycles. The fourth-order valence-corrected chi connectivity index (χ4v) is 2.21. The number of pyridine rings is 1. The number of anilines is 1. The van der Waals surface area contributed by atoms with Gasteiger partial charge in [0.25, 0.3) is 0 Å². The SMILES string of the molecule is Cc1cc(NCCc2cccc(F)c2)n2ncnc2c1. The maximum atomic E-state index is 13.1. The summed E-state index contributed by atoms with van der Waals surface area (Å²) in [6.45, 7) is 2.73. The van der Waals surface area contributed by atoms with Crippen molar-refractivity contribution in [2.45, 2.75) is 13.3 Å². The molecular formula is C15H15FN4. The van der Waals surface area contributed by atoms with Crippen molar-refractivity contribution in [1.29, 1.82) is 0 Å². The van der Waals surface area contributed by atoms with E-state index in [0.29, 0.717) is 6.54 Å². The van der Waals surface area contributed by atoms with E-state index in [1.807, 2.05) is 25.1 Å². The topological polar surface area (TPSA) is 42.2 Å². The van der Waals surface area contributed by atoms with Crippen LogP contribution < -0.4 is 5.32 Å². The third-order valence-electron chi connectivity index (χ3n) is 3.13. The summed E-state index contributed by atoms with van der Waals surface area (Å²) >= 11 is 0. The number of fused-ring (bicyclic) bond motifs is 1. The maximum Gasteiger partial charge on any atom is 0.157 e. The van der Waals surface area contributed by atoms with Gasteiger partial charge >= 0.3 is 0 Å². The van der Waals surface area contributed by atoms with Gasteiger partial charge in [0.2, 0.25) is 0 Å². The summed E-state index contributed by atoms with van der Waals surface area (Å²) in [5.74, 6) is 0.700. The summed E-state index contributed by atoms with van der Waals surface area (Å²) in [5, 5.41) is 7.50. The highest BCUT2D eigenvalue weighted by molar-refractivity contribution is 5.51. The molecule has 2 aromatic heterocycles. The molecule has 0 unspecified atom stereocenters. The van der Waals surface area contributed by atoms with Crippen LogP contribution in [0.3, 0.4) is 0 Å². The van der Waals surface area contributed by atoms with E-state index in [-0.39, 0.29) is 5.82 Å². The van der Waals surface area contributed by atoms with Crippen molar-refractivity contribution in [2.24, 2.45) is 0 Å². The van der Waals surface area contributed by atoms with Crippen molar-refractivity contribution in [3.63, 3.8) is 0 Å². The van der Waals surface area contributed by atoms with Gasteiger partial charge < -0.3 is 5.32 Å². The summed E-state index contributed by atoms with van der Waals surface area (Å²) in [6.07, 6.45) is 2.29. The molecule has 102 valence electrons. The molecule has 0 aliphatic carbocycles. The highest BCUT2D eigenvalue weighted by Crippen LogP contribution is 2.13. The summed E-state index contributed by atoms with van der Waals surface area (Å²) in [5.41, 5.74) is 2.91. The zero-order valence-corrected chi connectivity index (χ0v) is 11.2. The number of benzene rings is 1. The number of aromatic nitrogens is 3. The van der Waals surface area contributed by atoms with Crippen LogP contribution in [0.25, 0.3) is 5.65 Å². The van der Waals surface area contributed by atoms with Gasteiger partial charge in [0.1, 0.15) is 18.0 Å². The molecule has 0 fully saturated rings. The minimum absolute atomic E-state index is 0.197. The molecule has 0 radical (unpaired) electrons. The van der Waals surface area contributed by atoms with Gasteiger partial charge in [0, 0.05) is 6.54 Å². The van der Waals surface area contributed by atoms with Crippen LogP contribution in [0.2, 0.25) is 0 Å². The molecule has 0 atom stereocenters. The van der Waals surface area contributed by atoms with E-state index in [2.05, 4.69) is 15.4 Å². The van der Waals surface area contributed by atoms with Crippen LogP contribution in [0.5, 0.6) is 0 Å². The number of aryl methyl sites for hydroxylation is 1.